The lowest BCUT2D eigenvalue weighted by atomic mass is 9.92. The highest BCUT2D eigenvalue weighted by Crippen LogP contribution is 2.40. The van der Waals surface area contributed by atoms with Crippen molar-refractivity contribution in [2.75, 3.05) is 19.7 Å². The quantitative estimate of drug-likeness (QED) is 0.216. The smallest absolute Gasteiger partial charge is 0.416 e. The number of carbonyl (C=O) groups excluding carboxylic acids is 2. The van der Waals surface area contributed by atoms with Gasteiger partial charge in [0.1, 0.15) is 17.5 Å². The summed E-state index contributed by atoms with van der Waals surface area (Å²) >= 11 is 6.33. The molecule has 3 N–H and O–H groups in total. The van der Waals surface area contributed by atoms with Crippen LogP contribution in [0.2, 0.25) is 5.02 Å². The molecule has 0 bridgehead atoms. The van der Waals surface area contributed by atoms with Crippen LogP contribution in [0, 0.1) is 12.8 Å². The van der Waals surface area contributed by atoms with Gasteiger partial charge in [0, 0.05) is 47.0 Å². The van der Waals surface area contributed by atoms with Gasteiger partial charge < -0.3 is 24.9 Å². The minimum atomic E-state index is -0.698. The molecule has 2 amide bonds. The molecule has 5 rings (SSSR count). The number of nitrogens with one attached hydrogen (secondary N) is 2. The van der Waals surface area contributed by atoms with E-state index in [9.17, 15) is 14.7 Å². The first-order valence-corrected chi connectivity index (χ1v) is 14.6. The van der Waals surface area contributed by atoms with Gasteiger partial charge in [0.2, 0.25) is 5.91 Å². The summed E-state index contributed by atoms with van der Waals surface area (Å²) < 4.78 is 11.7. The first kappa shape index (κ1) is 29.5. The first-order chi connectivity index (χ1) is 20.2. The maximum Gasteiger partial charge on any atom is 0.416 e. The van der Waals surface area contributed by atoms with E-state index in [2.05, 4.69) is 10.3 Å². The molecule has 42 heavy (non-hydrogen) atoms. The molecule has 1 aliphatic rings. The van der Waals surface area contributed by atoms with Crippen LogP contribution in [0.5, 0.6) is 11.5 Å². The number of hydrogen-bond donors (Lipinski definition) is 3. The molecule has 1 unspecified atom stereocenters. The summed E-state index contributed by atoms with van der Waals surface area (Å²) in [4.78, 5) is 30.5. The number of fused-ring (bicyclic) bond motifs is 3. The van der Waals surface area contributed by atoms with Crippen molar-refractivity contribution in [3.05, 3.63) is 94.1 Å². The molecule has 4 aromatic rings. The van der Waals surface area contributed by atoms with E-state index in [0.29, 0.717) is 42.5 Å². The number of aryl methyl sites for hydroxylation is 1. The Balaban J connectivity index is 1.34. The fourth-order valence-corrected chi connectivity index (χ4v) is 5.33. The van der Waals surface area contributed by atoms with E-state index < -0.39 is 18.2 Å². The van der Waals surface area contributed by atoms with Crippen LogP contribution in [0.3, 0.4) is 0 Å². The Kier molecular flexibility index (Phi) is 9.04. The molecular weight excluding hydrogens is 554 g/mol. The zero-order valence-corrected chi connectivity index (χ0v) is 24.8. The fraction of sp³-hybridized carbons (Fsp3) is 0.333. The normalized spacial score (nSPS) is 15.4. The number of H-pyrrole nitrogens is 1. The summed E-state index contributed by atoms with van der Waals surface area (Å²) in [5, 5.41) is 14.6. The molecule has 0 radical (unpaired) electrons. The monoisotopic (exact) mass is 589 g/mol. The highest BCUT2D eigenvalue weighted by molar-refractivity contribution is 6.31. The standard InChI is InChI=1S/C33H36ClN3O5/c1-20(2)32(39)35-19-24(38)15-17-41-25-11-6-22(7-12-25)31-30-27(28-18-23(34)8-13-29(28)36-30)14-16-37(31)33(40)42-26-9-4-21(3)5-10-26/h4-13,18,20,24,31,36,38H,14-17,19H2,1-3H3,(H,35,39)/t24?,31-/m0/s1. The number of rotatable bonds is 9. The number of carbonyl (C=O) groups is 2. The van der Waals surface area contributed by atoms with Crippen molar-refractivity contribution in [3.8, 4) is 11.5 Å². The van der Waals surface area contributed by atoms with Gasteiger partial charge in [-0.05, 0) is 66.9 Å². The van der Waals surface area contributed by atoms with Gasteiger partial charge in [-0.3, -0.25) is 9.69 Å². The Morgan fingerprint density at radius 1 is 1.07 bits per heavy atom. The molecule has 8 nitrogen and oxygen atoms in total. The molecular formula is C33H36ClN3O5. The van der Waals surface area contributed by atoms with E-state index in [1.165, 1.54) is 0 Å². The van der Waals surface area contributed by atoms with Crippen molar-refractivity contribution >= 4 is 34.5 Å². The summed E-state index contributed by atoms with van der Waals surface area (Å²) in [6.07, 6.45) is -0.0834. The predicted molar refractivity (Wildman–Crippen MR) is 163 cm³/mol. The molecule has 0 saturated carbocycles. The molecule has 9 heteroatoms. The van der Waals surface area contributed by atoms with Crippen LogP contribution in [0.25, 0.3) is 10.9 Å². The molecule has 1 aromatic heterocycles. The number of ether oxygens (including phenoxy) is 2. The SMILES string of the molecule is Cc1ccc(OC(=O)N2CCc3c([nH]c4ccc(Cl)cc34)[C@@H]2c2ccc(OCCC(O)CNC(=O)C(C)C)cc2)cc1. The van der Waals surface area contributed by atoms with Crippen molar-refractivity contribution in [2.45, 2.75) is 45.8 Å². The Hall–Kier alpha value is -4.01. The van der Waals surface area contributed by atoms with Crippen molar-refractivity contribution in [3.63, 3.8) is 0 Å². The minimum absolute atomic E-state index is 0.0914. The van der Waals surface area contributed by atoms with E-state index in [4.69, 9.17) is 21.1 Å². The molecule has 1 aliphatic heterocycles. The van der Waals surface area contributed by atoms with Crippen LogP contribution in [0.15, 0.2) is 66.7 Å². The van der Waals surface area contributed by atoms with Crippen molar-refractivity contribution < 1.29 is 24.2 Å². The maximum atomic E-state index is 13.5. The first-order valence-electron chi connectivity index (χ1n) is 14.2. The van der Waals surface area contributed by atoms with Crippen molar-refractivity contribution in [1.29, 1.82) is 0 Å². The van der Waals surface area contributed by atoms with E-state index in [-0.39, 0.29) is 18.4 Å². The van der Waals surface area contributed by atoms with Crippen LogP contribution in [0.1, 0.15) is 48.7 Å². The van der Waals surface area contributed by atoms with E-state index in [1.807, 2.05) is 75.4 Å². The Morgan fingerprint density at radius 2 is 1.79 bits per heavy atom. The zero-order chi connectivity index (χ0) is 29.8. The number of halogens is 1. The predicted octanol–water partition coefficient (Wildman–Crippen LogP) is 6.18. The lowest BCUT2D eigenvalue weighted by Gasteiger charge is -2.35. The number of aliphatic hydroxyl groups excluding tert-OH is 1. The lowest BCUT2D eigenvalue weighted by Crippen LogP contribution is -2.42. The largest absolute Gasteiger partial charge is 0.493 e. The van der Waals surface area contributed by atoms with Gasteiger partial charge in [-0.25, -0.2) is 4.79 Å². The number of amides is 2. The molecule has 2 heterocycles. The second-order valence-corrected chi connectivity index (χ2v) is 11.4. The van der Waals surface area contributed by atoms with Crippen molar-refractivity contribution in [2.24, 2.45) is 5.92 Å². The summed E-state index contributed by atoms with van der Waals surface area (Å²) in [5.41, 5.74) is 5.02. The van der Waals surface area contributed by atoms with Gasteiger partial charge in [-0.2, -0.15) is 0 Å². The average molecular weight is 590 g/mol. The van der Waals surface area contributed by atoms with Crippen LogP contribution >= 0.6 is 11.6 Å². The topological polar surface area (TPSA) is 104 Å². The molecule has 220 valence electrons. The third-order valence-electron chi connectivity index (χ3n) is 7.50. The molecule has 0 aliphatic carbocycles. The van der Waals surface area contributed by atoms with E-state index in [0.717, 1.165) is 33.3 Å². The van der Waals surface area contributed by atoms with Gasteiger partial charge in [0.25, 0.3) is 0 Å². The van der Waals surface area contributed by atoms with Crippen molar-refractivity contribution in [1.82, 2.24) is 15.2 Å². The highest BCUT2D eigenvalue weighted by Gasteiger charge is 2.35. The molecule has 0 saturated heterocycles. The molecule has 0 spiro atoms. The van der Waals surface area contributed by atoms with Gasteiger partial charge in [0.15, 0.2) is 0 Å². The molecule has 3 aromatic carbocycles. The maximum absolute atomic E-state index is 13.5. The van der Waals surface area contributed by atoms with Gasteiger partial charge in [-0.15, -0.1) is 0 Å². The summed E-state index contributed by atoms with van der Waals surface area (Å²) in [5.74, 6) is 0.916. The second-order valence-electron chi connectivity index (χ2n) is 11.0. The van der Waals surface area contributed by atoms with Crippen LogP contribution in [-0.2, 0) is 11.2 Å². The molecule has 0 fully saturated rings. The number of aromatic nitrogens is 1. The van der Waals surface area contributed by atoms with E-state index in [1.54, 1.807) is 17.0 Å². The Bertz CT molecular complexity index is 1550. The van der Waals surface area contributed by atoms with Crippen LogP contribution in [-0.4, -0.2) is 52.8 Å². The number of nitrogens with zero attached hydrogens (tertiary/aromatic N) is 1. The number of benzene rings is 3. The average Bonchev–Trinajstić information content (AvgIpc) is 3.34. The Labute approximate surface area is 250 Å². The lowest BCUT2D eigenvalue weighted by molar-refractivity contribution is -0.124. The number of aliphatic hydroxyl groups is 1. The van der Waals surface area contributed by atoms with Gasteiger partial charge in [-0.1, -0.05) is 55.3 Å². The third-order valence-corrected chi connectivity index (χ3v) is 7.74. The Morgan fingerprint density at radius 3 is 2.50 bits per heavy atom. The third kappa shape index (κ3) is 6.72. The summed E-state index contributed by atoms with van der Waals surface area (Å²) in [6, 6.07) is 20.4. The minimum Gasteiger partial charge on any atom is -0.493 e. The van der Waals surface area contributed by atoms with Crippen LogP contribution in [0.4, 0.5) is 4.79 Å². The van der Waals surface area contributed by atoms with Gasteiger partial charge >= 0.3 is 6.09 Å². The highest BCUT2D eigenvalue weighted by atomic mass is 35.5. The zero-order valence-electron chi connectivity index (χ0n) is 24.0. The molecule has 2 atom stereocenters. The van der Waals surface area contributed by atoms with E-state index >= 15 is 0 Å². The van der Waals surface area contributed by atoms with Crippen LogP contribution < -0.4 is 14.8 Å². The number of aromatic amines is 1. The second kappa shape index (κ2) is 12.9. The van der Waals surface area contributed by atoms with Gasteiger partial charge in [0.05, 0.1) is 12.7 Å². The summed E-state index contributed by atoms with van der Waals surface area (Å²) in [6.45, 7) is 6.56. The fourth-order valence-electron chi connectivity index (χ4n) is 5.15. The number of hydrogen-bond acceptors (Lipinski definition) is 5. The summed E-state index contributed by atoms with van der Waals surface area (Å²) in [7, 11) is 0.